The normalized spacial score (nSPS) is 16.6. The number of carbonyl (C=O) groups is 3. The lowest BCUT2D eigenvalue weighted by Gasteiger charge is -2.28. The molecule has 2 aliphatic heterocycles. The number of nitrogens with one attached hydrogen (secondary N) is 3. The molecule has 5 heterocycles. The molecule has 3 aromatic heterocycles. The minimum absolute atomic E-state index is 0.194. The molecule has 0 saturated carbocycles. The number of nitrogens with zero attached hydrogens (tertiary/aromatic N) is 5. The van der Waals surface area contributed by atoms with Gasteiger partial charge < -0.3 is 15.0 Å². The van der Waals surface area contributed by atoms with Gasteiger partial charge in [-0.15, -0.1) is 0 Å². The molecule has 0 unspecified atom stereocenters. The summed E-state index contributed by atoms with van der Waals surface area (Å²) in [6.45, 7) is 6.83. The first-order valence-electron chi connectivity index (χ1n) is 18.6. The predicted molar refractivity (Wildman–Crippen MR) is 203 cm³/mol. The second-order valence-corrected chi connectivity index (χ2v) is 14.1. The fourth-order valence-corrected chi connectivity index (χ4v) is 7.54. The van der Waals surface area contributed by atoms with E-state index in [0.29, 0.717) is 37.0 Å². The molecule has 0 bridgehead atoms. The van der Waals surface area contributed by atoms with Crippen LogP contribution < -0.4 is 20.3 Å². The van der Waals surface area contributed by atoms with Crippen molar-refractivity contribution in [3.63, 3.8) is 0 Å². The van der Waals surface area contributed by atoms with Crippen LogP contribution in [0.15, 0.2) is 54.7 Å². The van der Waals surface area contributed by atoms with Crippen LogP contribution in [0.4, 0.5) is 16.3 Å². The number of carbonyl (C=O) groups excluding carboxylic acids is 3. The van der Waals surface area contributed by atoms with Crippen LogP contribution in [-0.2, 0) is 11.3 Å². The van der Waals surface area contributed by atoms with Crippen LogP contribution in [0, 0.1) is 13.8 Å². The van der Waals surface area contributed by atoms with Crippen molar-refractivity contribution in [3.05, 3.63) is 77.2 Å². The number of aromatic amines is 1. The Morgan fingerprint density at radius 1 is 1.00 bits per heavy atom. The number of unbranched alkanes of at least 4 members (excludes halogenated alkanes) is 5. The van der Waals surface area contributed by atoms with Gasteiger partial charge in [0, 0.05) is 65.4 Å². The standard InChI is InChI=1S/C40H48N8O4/c1-26-33(47-20-17-38(49)44-40(47)51)12-10-14-36(26)52-21-9-7-5-4-6-8-19-48-35-23-28(15-16-30(35)27(2)45-48)39(50)43-37-24-31-29(25-41-37)22-32(42-31)34-13-11-18-46(34)3/h10,12,14-16,22-25,34,42H,4-9,11,13,17-21H2,1-3H3,(H,41,43,50)(H,44,49,51)/t34-/m1/s1. The first kappa shape index (κ1) is 35.2. The average molecular weight is 705 g/mol. The van der Waals surface area contributed by atoms with E-state index < -0.39 is 0 Å². The highest BCUT2D eigenvalue weighted by molar-refractivity contribution is 6.07. The van der Waals surface area contributed by atoms with Crippen LogP contribution >= 0.6 is 0 Å². The second-order valence-electron chi connectivity index (χ2n) is 14.1. The van der Waals surface area contributed by atoms with Gasteiger partial charge in [0.15, 0.2) is 0 Å². The third kappa shape index (κ3) is 7.67. The second kappa shape index (κ2) is 15.6. The highest BCUT2D eigenvalue weighted by Gasteiger charge is 2.26. The van der Waals surface area contributed by atoms with Gasteiger partial charge in [-0.25, -0.2) is 9.78 Å². The third-order valence-corrected chi connectivity index (χ3v) is 10.5. The Morgan fingerprint density at radius 2 is 1.83 bits per heavy atom. The summed E-state index contributed by atoms with van der Waals surface area (Å²) in [7, 11) is 2.16. The zero-order valence-electron chi connectivity index (χ0n) is 30.3. The number of rotatable bonds is 14. The van der Waals surface area contributed by atoms with E-state index >= 15 is 0 Å². The molecule has 4 amide bonds. The fraction of sp³-hybridized carbons (Fsp3) is 0.425. The largest absolute Gasteiger partial charge is 0.493 e. The first-order chi connectivity index (χ1) is 25.2. The van der Waals surface area contributed by atoms with Gasteiger partial charge in [0.05, 0.1) is 29.0 Å². The van der Waals surface area contributed by atoms with Crippen LogP contribution in [0.1, 0.15) is 91.1 Å². The molecule has 2 aliphatic rings. The SMILES string of the molecule is Cc1c(OCCCCCCCCn2nc(C)c3ccc(C(=O)Nc4cc5[nH]c([C@H]6CCCN6C)cc5cn4)cc32)cccc1N1CCC(=O)NC1=O. The number of amides is 4. The number of likely N-dealkylation sites (tertiary alicyclic amines) is 1. The summed E-state index contributed by atoms with van der Waals surface area (Å²) < 4.78 is 8.11. The summed E-state index contributed by atoms with van der Waals surface area (Å²) in [6, 6.07) is 15.6. The molecular weight excluding hydrogens is 656 g/mol. The smallest absolute Gasteiger partial charge is 0.328 e. The maximum Gasteiger partial charge on any atom is 0.328 e. The number of aryl methyl sites for hydroxylation is 2. The highest BCUT2D eigenvalue weighted by atomic mass is 16.5. The number of anilines is 2. The van der Waals surface area contributed by atoms with Gasteiger partial charge in [-0.2, -0.15) is 5.10 Å². The number of ether oxygens (including phenoxy) is 1. The summed E-state index contributed by atoms with van der Waals surface area (Å²) in [5.74, 6) is 0.850. The molecule has 0 aliphatic carbocycles. The highest BCUT2D eigenvalue weighted by Crippen LogP contribution is 2.33. The maximum atomic E-state index is 13.3. The van der Waals surface area contributed by atoms with Crippen molar-refractivity contribution < 1.29 is 19.1 Å². The van der Waals surface area contributed by atoms with E-state index in [1.807, 2.05) is 67.2 Å². The number of benzene rings is 2. The maximum absolute atomic E-state index is 13.3. The molecule has 3 N–H and O–H groups in total. The van der Waals surface area contributed by atoms with Crippen molar-refractivity contribution in [3.8, 4) is 5.75 Å². The van der Waals surface area contributed by atoms with E-state index in [-0.39, 0.29) is 17.8 Å². The van der Waals surface area contributed by atoms with Crippen molar-refractivity contribution in [2.45, 2.75) is 84.2 Å². The molecular formula is C40H48N8O4. The van der Waals surface area contributed by atoms with Crippen molar-refractivity contribution >= 4 is 51.2 Å². The number of H-pyrrole nitrogens is 1. The Bertz CT molecular complexity index is 2100. The van der Waals surface area contributed by atoms with E-state index in [1.165, 1.54) is 12.1 Å². The van der Waals surface area contributed by atoms with E-state index in [4.69, 9.17) is 9.84 Å². The molecule has 2 aromatic carbocycles. The van der Waals surface area contributed by atoms with Gasteiger partial charge in [0.2, 0.25) is 5.91 Å². The number of urea groups is 1. The molecule has 52 heavy (non-hydrogen) atoms. The van der Waals surface area contributed by atoms with Gasteiger partial charge in [0.25, 0.3) is 5.91 Å². The Kier molecular flexibility index (Phi) is 10.5. The molecule has 0 spiro atoms. The summed E-state index contributed by atoms with van der Waals surface area (Å²) in [6.07, 6.45) is 10.8. The van der Waals surface area contributed by atoms with Crippen molar-refractivity contribution in [1.29, 1.82) is 0 Å². The van der Waals surface area contributed by atoms with Crippen LogP contribution in [-0.4, -0.2) is 69.2 Å². The summed E-state index contributed by atoms with van der Waals surface area (Å²) in [5, 5.41) is 12.3. The Balaban J connectivity index is 0.861. The number of hydrogen-bond acceptors (Lipinski definition) is 7. The summed E-state index contributed by atoms with van der Waals surface area (Å²) in [5.41, 5.74) is 6.34. The molecule has 5 aromatic rings. The predicted octanol–water partition coefficient (Wildman–Crippen LogP) is 7.41. The van der Waals surface area contributed by atoms with Crippen molar-refractivity contribution in [1.82, 2.24) is 30.0 Å². The Morgan fingerprint density at radius 3 is 2.63 bits per heavy atom. The number of hydrogen-bond donors (Lipinski definition) is 3. The zero-order chi connectivity index (χ0) is 36.2. The number of imide groups is 1. The molecule has 2 fully saturated rings. The van der Waals surface area contributed by atoms with Gasteiger partial charge in [0.1, 0.15) is 11.6 Å². The molecule has 12 nitrogen and oxygen atoms in total. The van der Waals surface area contributed by atoms with E-state index in [1.54, 1.807) is 4.90 Å². The minimum atomic E-state index is -0.388. The molecule has 12 heteroatoms. The van der Waals surface area contributed by atoms with Gasteiger partial charge in [-0.1, -0.05) is 37.8 Å². The van der Waals surface area contributed by atoms with Crippen LogP contribution in [0.3, 0.4) is 0 Å². The van der Waals surface area contributed by atoms with Gasteiger partial charge >= 0.3 is 6.03 Å². The van der Waals surface area contributed by atoms with Gasteiger partial charge in [-0.3, -0.25) is 29.4 Å². The topological polar surface area (TPSA) is 137 Å². The Labute approximate surface area is 303 Å². The van der Waals surface area contributed by atoms with Crippen LogP contribution in [0.25, 0.3) is 21.8 Å². The molecule has 2 saturated heterocycles. The molecule has 272 valence electrons. The lowest BCUT2D eigenvalue weighted by molar-refractivity contribution is -0.120. The van der Waals surface area contributed by atoms with Crippen molar-refractivity contribution in [2.75, 3.05) is 37.0 Å². The number of fused-ring (bicyclic) bond motifs is 2. The van der Waals surface area contributed by atoms with E-state index in [2.05, 4.69) is 38.6 Å². The minimum Gasteiger partial charge on any atom is -0.493 e. The summed E-state index contributed by atoms with van der Waals surface area (Å²) >= 11 is 0. The Hall–Kier alpha value is -5.23. The van der Waals surface area contributed by atoms with Crippen LogP contribution in [0.2, 0.25) is 0 Å². The molecule has 1 atom stereocenters. The third-order valence-electron chi connectivity index (χ3n) is 10.5. The zero-order valence-corrected chi connectivity index (χ0v) is 30.3. The number of pyridine rings is 1. The quantitative estimate of drug-likeness (QED) is 0.102. The van der Waals surface area contributed by atoms with Crippen molar-refractivity contribution in [2.24, 2.45) is 0 Å². The lowest BCUT2D eigenvalue weighted by Crippen LogP contribution is -2.49. The first-order valence-corrected chi connectivity index (χ1v) is 18.6. The lowest BCUT2D eigenvalue weighted by atomic mass is 10.1. The average Bonchev–Trinajstić information content (AvgIpc) is 3.84. The van der Waals surface area contributed by atoms with Gasteiger partial charge in [-0.05, 0) is 83.5 Å². The number of aromatic nitrogens is 4. The summed E-state index contributed by atoms with van der Waals surface area (Å²) in [4.78, 5) is 49.2. The van der Waals surface area contributed by atoms with Crippen LogP contribution in [0.5, 0.6) is 5.75 Å². The monoisotopic (exact) mass is 704 g/mol. The fourth-order valence-electron chi connectivity index (χ4n) is 7.54. The van der Waals surface area contributed by atoms with E-state index in [9.17, 15) is 14.4 Å². The molecule has 0 radical (unpaired) electrons. The van der Waals surface area contributed by atoms with E-state index in [0.717, 1.165) is 103 Å². The molecule has 7 rings (SSSR count).